The van der Waals surface area contributed by atoms with E-state index in [1.54, 1.807) is 0 Å². The summed E-state index contributed by atoms with van der Waals surface area (Å²) >= 11 is 0. The van der Waals surface area contributed by atoms with Crippen LogP contribution in [0, 0.1) is 11.6 Å². The van der Waals surface area contributed by atoms with Crippen molar-refractivity contribution in [2.75, 3.05) is 11.4 Å². The third-order valence-electron chi connectivity index (χ3n) is 3.02. The number of rotatable bonds is 1. The molecular formula is C13H14F2N2O2. The van der Waals surface area contributed by atoms with Gasteiger partial charge in [0.2, 0.25) is 5.91 Å². The van der Waals surface area contributed by atoms with E-state index >= 15 is 0 Å². The van der Waals surface area contributed by atoms with Crippen molar-refractivity contribution in [1.82, 2.24) is 5.32 Å². The molecule has 1 aliphatic heterocycles. The standard InChI is InChI=1S/C13H14F2N2O2/c1-13(2)12(19)17(7-6-10(18)16-13)9-5-3-4-8(14)11(9)15/h3-5H,6-7H2,1-2H3,(H,16,18). The molecule has 0 unspecified atom stereocenters. The monoisotopic (exact) mass is 268 g/mol. The fourth-order valence-corrected chi connectivity index (χ4v) is 2.05. The Morgan fingerprint density at radius 3 is 2.63 bits per heavy atom. The Bertz CT molecular complexity index is 543. The van der Waals surface area contributed by atoms with E-state index in [1.807, 2.05) is 0 Å². The van der Waals surface area contributed by atoms with Crippen LogP contribution in [0.15, 0.2) is 18.2 Å². The van der Waals surface area contributed by atoms with E-state index < -0.39 is 23.1 Å². The second-order valence-electron chi connectivity index (χ2n) is 4.95. The van der Waals surface area contributed by atoms with Crippen LogP contribution in [0.25, 0.3) is 0 Å². The van der Waals surface area contributed by atoms with Crippen LogP contribution in [0.4, 0.5) is 14.5 Å². The largest absolute Gasteiger partial charge is 0.342 e. The number of hydrogen-bond acceptors (Lipinski definition) is 2. The van der Waals surface area contributed by atoms with Crippen LogP contribution in [0.5, 0.6) is 0 Å². The van der Waals surface area contributed by atoms with Gasteiger partial charge in [-0.3, -0.25) is 9.59 Å². The normalized spacial score (nSPS) is 19.1. The minimum atomic E-state index is -1.15. The van der Waals surface area contributed by atoms with Gasteiger partial charge >= 0.3 is 0 Å². The fourth-order valence-electron chi connectivity index (χ4n) is 2.05. The van der Waals surface area contributed by atoms with E-state index in [1.165, 1.54) is 26.0 Å². The van der Waals surface area contributed by atoms with Gasteiger partial charge in [-0.2, -0.15) is 0 Å². The van der Waals surface area contributed by atoms with Crippen LogP contribution in [0.2, 0.25) is 0 Å². The topological polar surface area (TPSA) is 49.4 Å². The third kappa shape index (κ3) is 2.43. The first-order valence-corrected chi connectivity index (χ1v) is 5.90. The molecule has 102 valence electrons. The smallest absolute Gasteiger partial charge is 0.252 e. The summed E-state index contributed by atoms with van der Waals surface area (Å²) in [5, 5.41) is 2.56. The molecule has 6 heteroatoms. The Labute approximate surface area is 109 Å². The predicted octanol–water partition coefficient (Wildman–Crippen LogP) is 1.60. The van der Waals surface area contributed by atoms with Crippen LogP contribution in [-0.4, -0.2) is 23.9 Å². The summed E-state index contributed by atoms with van der Waals surface area (Å²) in [7, 11) is 0. The van der Waals surface area contributed by atoms with Crippen LogP contribution in [-0.2, 0) is 9.59 Å². The number of anilines is 1. The highest BCUT2D eigenvalue weighted by Gasteiger charge is 2.38. The predicted molar refractivity (Wildman–Crippen MR) is 65.5 cm³/mol. The van der Waals surface area contributed by atoms with Crippen molar-refractivity contribution in [3.8, 4) is 0 Å². The number of carbonyl (C=O) groups is 2. The lowest BCUT2D eigenvalue weighted by molar-refractivity contribution is -0.128. The number of nitrogens with zero attached hydrogens (tertiary/aromatic N) is 1. The Morgan fingerprint density at radius 1 is 1.26 bits per heavy atom. The van der Waals surface area contributed by atoms with E-state index in [9.17, 15) is 18.4 Å². The summed E-state index contributed by atoms with van der Waals surface area (Å²) < 4.78 is 27.0. The van der Waals surface area contributed by atoms with Crippen molar-refractivity contribution in [3.63, 3.8) is 0 Å². The van der Waals surface area contributed by atoms with E-state index in [0.717, 1.165) is 11.0 Å². The molecule has 4 nitrogen and oxygen atoms in total. The molecule has 19 heavy (non-hydrogen) atoms. The minimum Gasteiger partial charge on any atom is -0.342 e. The van der Waals surface area contributed by atoms with E-state index in [0.29, 0.717) is 0 Å². The van der Waals surface area contributed by atoms with Crippen molar-refractivity contribution in [3.05, 3.63) is 29.8 Å². The summed E-state index contributed by atoms with van der Waals surface area (Å²) in [6.07, 6.45) is 0.0467. The molecule has 0 radical (unpaired) electrons. The summed E-state index contributed by atoms with van der Waals surface area (Å²) in [5.41, 5.74) is -1.29. The molecule has 0 saturated carbocycles. The second-order valence-corrected chi connectivity index (χ2v) is 4.95. The van der Waals surface area contributed by atoms with Crippen LogP contribution < -0.4 is 10.2 Å². The van der Waals surface area contributed by atoms with Gasteiger partial charge in [-0.25, -0.2) is 8.78 Å². The molecule has 1 aliphatic rings. The first kappa shape index (κ1) is 13.5. The average molecular weight is 268 g/mol. The molecule has 2 amide bonds. The molecular weight excluding hydrogens is 254 g/mol. The van der Waals surface area contributed by atoms with Gasteiger partial charge in [-0.15, -0.1) is 0 Å². The highest BCUT2D eigenvalue weighted by Crippen LogP contribution is 2.25. The molecule has 0 spiro atoms. The lowest BCUT2D eigenvalue weighted by Crippen LogP contribution is -2.53. The Kier molecular flexibility index (Phi) is 3.26. The number of amides is 2. The lowest BCUT2D eigenvalue weighted by Gasteiger charge is -2.29. The van der Waals surface area contributed by atoms with Crippen LogP contribution in [0.3, 0.4) is 0 Å². The third-order valence-corrected chi connectivity index (χ3v) is 3.02. The zero-order valence-corrected chi connectivity index (χ0v) is 10.7. The molecule has 0 aliphatic carbocycles. The molecule has 0 aromatic heterocycles. The second kappa shape index (κ2) is 4.60. The minimum absolute atomic E-state index is 0.0223. The SMILES string of the molecule is CC1(C)NC(=O)CCN(c2cccc(F)c2F)C1=O. The number of hydrogen-bond donors (Lipinski definition) is 1. The molecule has 0 bridgehead atoms. The zero-order chi connectivity index (χ0) is 14.2. The van der Waals surface area contributed by atoms with E-state index in [4.69, 9.17) is 0 Å². The van der Waals surface area contributed by atoms with Gasteiger partial charge in [0, 0.05) is 13.0 Å². The summed E-state index contributed by atoms with van der Waals surface area (Å²) in [4.78, 5) is 24.9. The quantitative estimate of drug-likeness (QED) is 0.841. The van der Waals surface area contributed by atoms with Crippen LogP contribution in [0.1, 0.15) is 20.3 Å². The van der Waals surface area contributed by atoms with Gasteiger partial charge < -0.3 is 10.2 Å². The highest BCUT2D eigenvalue weighted by atomic mass is 19.2. The van der Waals surface area contributed by atoms with Crippen LogP contribution >= 0.6 is 0 Å². The number of nitrogens with one attached hydrogen (secondary N) is 1. The molecule has 1 N–H and O–H groups in total. The Balaban J connectivity index is 2.45. The van der Waals surface area contributed by atoms with Gasteiger partial charge in [0.1, 0.15) is 5.54 Å². The highest BCUT2D eigenvalue weighted by molar-refractivity contribution is 6.03. The summed E-state index contributed by atoms with van der Waals surface area (Å²) in [6.45, 7) is 3.08. The molecule has 1 saturated heterocycles. The Morgan fingerprint density at radius 2 is 1.95 bits per heavy atom. The Hall–Kier alpha value is -1.98. The van der Waals surface area contributed by atoms with Crippen molar-refractivity contribution < 1.29 is 18.4 Å². The molecule has 1 aromatic carbocycles. The molecule has 2 rings (SSSR count). The maximum absolute atomic E-state index is 13.8. The molecule has 1 aromatic rings. The first-order chi connectivity index (χ1) is 8.83. The number of carbonyl (C=O) groups excluding carboxylic acids is 2. The van der Waals surface area contributed by atoms with Crippen molar-refractivity contribution in [2.45, 2.75) is 25.8 Å². The number of benzene rings is 1. The van der Waals surface area contributed by atoms with E-state index in [-0.39, 0.29) is 24.6 Å². The average Bonchev–Trinajstić information content (AvgIpc) is 2.42. The zero-order valence-electron chi connectivity index (χ0n) is 10.7. The van der Waals surface area contributed by atoms with Gasteiger partial charge in [0.15, 0.2) is 11.6 Å². The van der Waals surface area contributed by atoms with Gasteiger partial charge in [-0.1, -0.05) is 6.07 Å². The maximum Gasteiger partial charge on any atom is 0.252 e. The van der Waals surface area contributed by atoms with E-state index in [2.05, 4.69) is 5.32 Å². The van der Waals surface area contributed by atoms with Gasteiger partial charge in [0.05, 0.1) is 5.69 Å². The maximum atomic E-state index is 13.8. The van der Waals surface area contributed by atoms with Crippen molar-refractivity contribution in [1.29, 1.82) is 0 Å². The van der Waals surface area contributed by atoms with Gasteiger partial charge in [-0.05, 0) is 26.0 Å². The summed E-state index contributed by atoms with van der Waals surface area (Å²) in [6, 6.07) is 3.63. The number of halogens is 2. The summed E-state index contributed by atoms with van der Waals surface area (Å²) in [5.74, 6) is -2.87. The van der Waals surface area contributed by atoms with Crippen molar-refractivity contribution in [2.24, 2.45) is 0 Å². The molecule has 0 atom stereocenters. The lowest BCUT2D eigenvalue weighted by atomic mass is 10.0. The molecule has 1 heterocycles. The molecule has 1 fully saturated rings. The van der Waals surface area contributed by atoms with Crippen molar-refractivity contribution >= 4 is 17.5 Å². The van der Waals surface area contributed by atoms with Gasteiger partial charge in [0.25, 0.3) is 5.91 Å². The first-order valence-electron chi connectivity index (χ1n) is 5.90. The fraction of sp³-hybridized carbons (Fsp3) is 0.385.